The second kappa shape index (κ2) is 5.10. The summed E-state index contributed by atoms with van der Waals surface area (Å²) in [4.78, 5) is 16.0. The largest absolute Gasteiger partial charge is 0.350 e. The number of carbonyl (C=O) groups excluding carboxylic acids is 1. The predicted molar refractivity (Wildman–Crippen MR) is 70.2 cm³/mol. The number of nitrogens with one attached hydrogen (secondary N) is 1. The van der Waals surface area contributed by atoms with Gasteiger partial charge < -0.3 is 5.32 Å². The number of amides is 1. The molecule has 1 aromatic heterocycles. The fourth-order valence-corrected chi connectivity index (χ4v) is 2.12. The average molecular weight is 246 g/mol. The zero-order valence-electron chi connectivity index (χ0n) is 9.81. The monoisotopic (exact) mass is 246 g/mol. The van der Waals surface area contributed by atoms with Gasteiger partial charge in [-0.25, -0.2) is 4.98 Å². The van der Waals surface area contributed by atoms with Crippen molar-refractivity contribution >= 4 is 17.2 Å². The van der Waals surface area contributed by atoms with Gasteiger partial charge in [-0.2, -0.15) is 0 Å². The summed E-state index contributed by atoms with van der Waals surface area (Å²) in [7, 11) is 0. The SMILES string of the molecule is CC(C)NC(=O)c1ccc(-c2nccs2)cc1. The molecule has 0 bridgehead atoms. The van der Waals surface area contributed by atoms with Crippen LogP contribution < -0.4 is 5.32 Å². The summed E-state index contributed by atoms with van der Waals surface area (Å²) in [5, 5.41) is 5.77. The Morgan fingerprint density at radius 1 is 1.29 bits per heavy atom. The maximum atomic E-state index is 11.7. The molecule has 0 unspecified atom stereocenters. The zero-order chi connectivity index (χ0) is 12.3. The summed E-state index contributed by atoms with van der Waals surface area (Å²) in [6.45, 7) is 3.89. The Kier molecular flexibility index (Phi) is 3.54. The molecule has 0 fully saturated rings. The molecular weight excluding hydrogens is 232 g/mol. The van der Waals surface area contributed by atoms with E-state index in [4.69, 9.17) is 0 Å². The quantitative estimate of drug-likeness (QED) is 0.904. The highest BCUT2D eigenvalue weighted by atomic mass is 32.1. The van der Waals surface area contributed by atoms with Crippen molar-refractivity contribution in [1.29, 1.82) is 0 Å². The van der Waals surface area contributed by atoms with Crippen LogP contribution in [0.3, 0.4) is 0 Å². The Morgan fingerprint density at radius 3 is 2.53 bits per heavy atom. The van der Waals surface area contributed by atoms with Crippen molar-refractivity contribution in [2.75, 3.05) is 0 Å². The number of nitrogens with zero attached hydrogens (tertiary/aromatic N) is 1. The van der Waals surface area contributed by atoms with Crippen LogP contribution in [0.1, 0.15) is 24.2 Å². The van der Waals surface area contributed by atoms with Crippen molar-refractivity contribution in [2.24, 2.45) is 0 Å². The number of thiazole rings is 1. The summed E-state index contributed by atoms with van der Waals surface area (Å²) < 4.78 is 0. The average Bonchev–Trinajstić information content (AvgIpc) is 2.82. The number of carbonyl (C=O) groups is 1. The number of hydrogen-bond donors (Lipinski definition) is 1. The highest BCUT2D eigenvalue weighted by Gasteiger charge is 2.07. The maximum absolute atomic E-state index is 11.7. The topological polar surface area (TPSA) is 42.0 Å². The first-order valence-electron chi connectivity index (χ1n) is 5.47. The molecule has 1 N–H and O–H groups in total. The van der Waals surface area contributed by atoms with E-state index in [9.17, 15) is 4.79 Å². The fraction of sp³-hybridized carbons (Fsp3) is 0.231. The van der Waals surface area contributed by atoms with E-state index in [-0.39, 0.29) is 11.9 Å². The van der Waals surface area contributed by atoms with Gasteiger partial charge in [0, 0.05) is 28.7 Å². The fourth-order valence-electron chi connectivity index (χ4n) is 1.48. The van der Waals surface area contributed by atoms with E-state index in [0.717, 1.165) is 10.6 Å². The summed E-state index contributed by atoms with van der Waals surface area (Å²) in [6, 6.07) is 7.66. The molecule has 0 aliphatic rings. The second-order valence-electron chi connectivity index (χ2n) is 4.04. The smallest absolute Gasteiger partial charge is 0.251 e. The first kappa shape index (κ1) is 11.8. The molecular formula is C13H14N2OS. The Labute approximate surface area is 105 Å². The number of benzene rings is 1. The molecule has 17 heavy (non-hydrogen) atoms. The Balaban J connectivity index is 2.16. The first-order valence-corrected chi connectivity index (χ1v) is 6.35. The highest BCUT2D eigenvalue weighted by Crippen LogP contribution is 2.21. The minimum absolute atomic E-state index is 0.0364. The third-order valence-electron chi connectivity index (χ3n) is 2.25. The van der Waals surface area contributed by atoms with E-state index in [1.807, 2.05) is 43.5 Å². The van der Waals surface area contributed by atoms with Crippen LogP contribution in [-0.4, -0.2) is 16.9 Å². The van der Waals surface area contributed by atoms with Crippen LogP contribution in [0.2, 0.25) is 0 Å². The lowest BCUT2D eigenvalue weighted by Crippen LogP contribution is -2.29. The van der Waals surface area contributed by atoms with Crippen LogP contribution >= 0.6 is 11.3 Å². The normalized spacial score (nSPS) is 10.5. The summed E-state index contributed by atoms with van der Waals surface area (Å²) in [5.41, 5.74) is 1.72. The molecule has 0 aliphatic carbocycles. The molecule has 0 radical (unpaired) electrons. The van der Waals surface area contributed by atoms with Gasteiger partial charge in [0.05, 0.1) is 0 Å². The van der Waals surface area contributed by atoms with Gasteiger partial charge in [-0.1, -0.05) is 12.1 Å². The molecule has 1 aromatic carbocycles. The first-order chi connectivity index (χ1) is 8.16. The third-order valence-corrected chi connectivity index (χ3v) is 3.07. The molecule has 1 heterocycles. The third kappa shape index (κ3) is 2.91. The summed E-state index contributed by atoms with van der Waals surface area (Å²) >= 11 is 1.59. The van der Waals surface area contributed by atoms with Crippen molar-refractivity contribution in [2.45, 2.75) is 19.9 Å². The lowest BCUT2D eigenvalue weighted by atomic mass is 10.1. The highest BCUT2D eigenvalue weighted by molar-refractivity contribution is 7.13. The molecule has 0 spiro atoms. The van der Waals surface area contributed by atoms with Gasteiger partial charge in [0.15, 0.2) is 0 Å². The van der Waals surface area contributed by atoms with Crippen LogP contribution in [0.15, 0.2) is 35.8 Å². The summed E-state index contributed by atoms with van der Waals surface area (Å²) in [6.07, 6.45) is 1.78. The van der Waals surface area contributed by atoms with E-state index >= 15 is 0 Å². The van der Waals surface area contributed by atoms with Gasteiger partial charge in [0.1, 0.15) is 5.01 Å². The molecule has 88 valence electrons. The van der Waals surface area contributed by atoms with Gasteiger partial charge in [-0.15, -0.1) is 11.3 Å². The molecule has 0 atom stereocenters. The van der Waals surface area contributed by atoms with E-state index in [0.29, 0.717) is 5.56 Å². The summed E-state index contributed by atoms with van der Waals surface area (Å²) in [5.74, 6) is -0.0364. The van der Waals surface area contributed by atoms with E-state index in [1.54, 1.807) is 17.5 Å². The molecule has 3 nitrogen and oxygen atoms in total. The maximum Gasteiger partial charge on any atom is 0.251 e. The molecule has 0 saturated carbocycles. The number of aromatic nitrogens is 1. The molecule has 0 aliphatic heterocycles. The standard InChI is InChI=1S/C13H14N2OS/c1-9(2)15-12(16)10-3-5-11(6-4-10)13-14-7-8-17-13/h3-9H,1-2H3,(H,15,16). The zero-order valence-corrected chi connectivity index (χ0v) is 10.6. The molecule has 0 saturated heterocycles. The number of hydrogen-bond acceptors (Lipinski definition) is 3. The Morgan fingerprint density at radius 2 is 2.00 bits per heavy atom. The van der Waals surface area contributed by atoms with Crippen molar-refractivity contribution < 1.29 is 4.79 Å². The molecule has 2 rings (SSSR count). The number of rotatable bonds is 3. The lowest BCUT2D eigenvalue weighted by molar-refractivity contribution is 0.0943. The van der Waals surface area contributed by atoms with E-state index in [2.05, 4.69) is 10.3 Å². The van der Waals surface area contributed by atoms with E-state index < -0.39 is 0 Å². The van der Waals surface area contributed by atoms with E-state index in [1.165, 1.54) is 0 Å². The molecule has 2 aromatic rings. The van der Waals surface area contributed by atoms with Crippen LogP contribution in [0.4, 0.5) is 0 Å². The molecule has 1 amide bonds. The molecule has 4 heteroatoms. The Hall–Kier alpha value is -1.68. The van der Waals surface area contributed by atoms with Crippen molar-refractivity contribution in [3.63, 3.8) is 0 Å². The minimum Gasteiger partial charge on any atom is -0.350 e. The van der Waals surface area contributed by atoms with Gasteiger partial charge in [-0.05, 0) is 26.0 Å². The van der Waals surface area contributed by atoms with Gasteiger partial charge in [0.2, 0.25) is 0 Å². The van der Waals surface area contributed by atoms with Gasteiger partial charge in [0.25, 0.3) is 5.91 Å². The van der Waals surface area contributed by atoms with Gasteiger partial charge >= 0.3 is 0 Å². The van der Waals surface area contributed by atoms with Crippen molar-refractivity contribution in [3.8, 4) is 10.6 Å². The van der Waals surface area contributed by atoms with Gasteiger partial charge in [-0.3, -0.25) is 4.79 Å². The van der Waals surface area contributed by atoms with Crippen molar-refractivity contribution in [1.82, 2.24) is 10.3 Å². The lowest BCUT2D eigenvalue weighted by Gasteiger charge is -2.08. The Bertz CT molecular complexity index is 489. The van der Waals surface area contributed by atoms with Crippen LogP contribution in [-0.2, 0) is 0 Å². The van der Waals surface area contributed by atoms with Crippen LogP contribution in [0.5, 0.6) is 0 Å². The van der Waals surface area contributed by atoms with Crippen molar-refractivity contribution in [3.05, 3.63) is 41.4 Å². The second-order valence-corrected chi connectivity index (χ2v) is 4.94. The van der Waals surface area contributed by atoms with Crippen LogP contribution in [0.25, 0.3) is 10.6 Å². The minimum atomic E-state index is -0.0364. The van der Waals surface area contributed by atoms with Crippen LogP contribution in [0, 0.1) is 0 Å². The predicted octanol–water partition coefficient (Wildman–Crippen LogP) is 2.95.